The molecular formula is C13H22N2O5. The summed E-state index contributed by atoms with van der Waals surface area (Å²) in [5, 5.41) is 2.50. The van der Waals surface area contributed by atoms with E-state index in [0.29, 0.717) is 6.54 Å². The maximum absolute atomic E-state index is 12.0. The second-order valence-electron chi connectivity index (χ2n) is 4.84. The summed E-state index contributed by atoms with van der Waals surface area (Å²) >= 11 is 0. The van der Waals surface area contributed by atoms with E-state index < -0.39 is 11.9 Å². The van der Waals surface area contributed by atoms with Crippen molar-refractivity contribution in [2.75, 3.05) is 27.3 Å². The van der Waals surface area contributed by atoms with Gasteiger partial charge in [-0.15, -0.1) is 0 Å². The molecule has 0 aliphatic carbocycles. The summed E-state index contributed by atoms with van der Waals surface area (Å²) in [4.78, 5) is 35.7. The first-order valence-electron chi connectivity index (χ1n) is 6.63. The van der Waals surface area contributed by atoms with Crippen molar-refractivity contribution in [1.29, 1.82) is 0 Å². The van der Waals surface area contributed by atoms with Crippen LogP contribution in [-0.4, -0.2) is 62.6 Å². The van der Waals surface area contributed by atoms with Gasteiger partial charge in [-0.1, -0.05) is 6.92 Å². The van der Waals surface area contributed by atoms with Gasteiger partial charge in [0, 0.05) is 13.7 Å². The Morgan fingerprint density at radius 3 is 2.70 bits per heavy atom. The molecule has 0 aromatic heterocycles. The Kier molecular flexibility index (Phi) is 6.44. The first-order valence-corrected chi connectivity index (χ1v) is 6.63. The monoisotopic (exact) mass is 286 g/mol. The van der Waals surface area contributed by atoms with Gasteiger partial charge in [0.15, 0.2) is 0 Å². The van der Waals surface area contributed by atoms with Gasteiger partial charge >= 0.3 is 5.97 Å². The number of nitrogens with one attached hydrogen (secondary N) is 1. The number of hydrogen-bond acceptors (Lipinski definition) is 5. The van der Waals surface area contributed by atoms with Gasteiger partial charge in [0.25, 0.3) is 0 Å². The molecular weight excluding hydrogens is 264 g/mol. The summed E-state index contributed by atoms with van der Waals surface area (Å²) < 4.78 is 9.87. The predicted octanol–water partition coefficient (Wildman–Crippen LogP) is -0.452. The van der Waals surface area contributed by atoms with Gasteiger partial charge in [-0.05, 0) is 12.8 Å². The highest BCUT2D eigenvalue weighted by molar-refractivity contribution is 5.83. The Morgan fingerprint density at radius 1 is 1.45 bits per heavy atom. The van der Waals surface area contributed by atoms with Crippen LogP contribution in [0.15, 0.2) is 0 Å². The number of likely N-dealkylation sites (tertiary alicyclic amines) is 1. The van der Waals surface area contributed by atoms with Crippen molar-refractivity contribution in [3.63, 3.8) is 0 Å². The molecule has 2 amide bonds. The molecule has 1 aliphatic heterocycles. The second-order valence-corrected chi connectivity index (χ2v) is 4.84. The van der Waals surface area contributed by atoms with Crippen molar-refractivity contribution in [2.45, 2.75) is 31.9 Å². The normalized spacial score (nSPS) is 21.1. The average molecular weight is 286 g/mol. The van der Waals surface area contributed by atoms with Crippen LogP contribution in [0.1, 0.15) is 19.8 Å². The van der Waals surface area contributed by atoms with E-state index in [2.05, 4.69) is 10.1 Å². The molecule has 20 heavy (non-hydrogen) atoms. The molecule has 7 heteroatoms. The Balaban J connectivity index is 2.61. The van der Waals surface area contributed by atoms with E-state index in [-0.39, 0.29) is 24.6 Å². The molecule has 1 fully saturated rings. The number of hydrogen-bond donors (Lipinski definition) is 1. The molecule has 0 saturated carbocycles. The number of amides is 2. The number of carbonyl (C=O) groups is 3. The van der Waals surface area contributed by atoms with Gasteiger partial charge in [-0.25, -0.2) is 0 Å². The Hall–Kier alpha value is -1.63. The lowest BCUT2D eigenvalue weighted by atomic mass is 9.95. The second kappa shape index (κ2) is 7.84. The fourth-order valence-electron chi connectivity index (χ4n) is 2.53. The summed E-state index contributed by atoms with van der Waals surface area (Å²) in [7, 11) is 2.78. The molecule has 3 atom stereocenters. The quantitative estimate of drug-likeness (QED) is 0.506. The van der Waals surface area contributed by atoms with Crippen molar-refractivity contribution in [3.8, 4) is 0 Å². The van der Waals surface area contributed by atoms with E-state index in [1.807, 2.05) is 0 Å². The van der Waals surface area contributed by atoms with E-state index in [9.17, 15) is 14.4 Å². The Bertz CT molecular complexity index is 361. The van der Waals surface area contributed by atoms with Gasteiger partial charge < -0.3 is 19.7 Å². The largest absolute Gasteiger partial charge is 0.468 e. The molecule has 1 saturated heterocycles. The lowest BCUT2D eigenvalue weighted by Gasteiger charge is -2.31. The summed E-state index contributed by atoms with van der Waals surface area (Å²) in [6.07, 6.45) is 2.12. The smallest absolute Gasteiger partial charge is 0.325 e. The van der Waals surface area contributed by atoms with Crippen molar-refractivity contribution < 1.29 is 23.9 Å². The summed E-state index contributed by atoms with van der Waals surface area (Å²) in [5.41, 5.74) is 0. The number of esters is 1. The number of ether oxygens (including phenoxy) is 2. The maximum atomic E-state index is 12.0. The van der Waals surface area contributed by atoms with Crippen LogP contribution in [0, 0.1) is 5.92 Å². The van der Waals surface area contributed by atoms with Gasteiger partial charge in [0.05, 0.1) is 25.2 Å². The van der Waals surface area contributed by atoms with Crippen LogP contribution in [-0.2, 0) is 23.9 Å². The zero-order valence-corrected chi connectivity index (χ0v) is 12.1. The third-order valence-electron chi connectivity index (χ3n) is 3.67. The molecule has 1 aliphatic rings. The highest BCUT2D eigenvalue weighted by atomic mass is 16.5. The molecule has 0 aromatic rings. The highest BCUT2D eigenvalue weighted by Crippen LogP contribution is 2.24. The molecule has 0 spiro atoms. The molecule has 3 unspecified atom stereocenters. The van der Waals surface area contributed by atoms with Crippen LogP contribution in [0.4, 0.5) is 0 Å². The van der Waals surface area contributed by atoms with Crippen LogP contribution in [0.3, 0.4) is 0 Å². The van der Waals surface area contributed by atoms with Crippen LogP contribution in [0.25, 0.3) is 0 Å². The SMILES string of the molecule is COC(=O)CNC(=O)C(C)C(OC)C1CCCN1C=O. The van der Waals surface area contributed by atoms with Crippen LogP contribution in [0.5, 0.6) is 0 Å². The maximum Gasteiger partial charge on any atom is 0.325 e. The van der Waals surface area contributed by atoms with Crippen LogP contribution in [0.2, 0.25) is 0 Å². The number of rotatable bonds is 7. The summed E-state index contributed by atoms with van der Waals surface area (Å²) in [6, 6.07) is -0.101. The lowest BCUT2D eigenvalue weighted by Crippen LogP contribution is -2.48. The number of nitrogens with zero attached hydrogens (tertiary/aromatic N) is 1. The molecule has 1 heterocycles. The van der Waals surface area contributed by atoms with Crippen molar-refractivity contribution in [1.82, 2.24) is 10.2 Å². The fraction of sp³-hybridized carbons (Fsp3) is 0.769. The number of methoxy groups -OCH3 is 2. The topological polar surface area (TPSA) is 84.9 Å². The van der Waals surface area contributed by atoms with Gasteiger partial charge in [0.1, 0.15) is 6.54 Å². The zero-order chi connectivity index (χ0) is 15.1. The van der Waals surface area contributed by atoms with E-state index in [0.717, 1.165) is 19.3 Å². The third-order valence-corrected chi connectivity index (χ3v) is 3.67. The van der Waals surface area contributed by atoms with Gasteiger partial charge in [-0.3, -0.25) is 14.4 Å². The van der Waals surface area contributed by atoms with E-state index >= 15 is 0 Å². The minimum atomic E-state index is -0.505. The Labute approximate surface area is 118 Å². The van der Waals surface area contributed by atoms with Crippen molar-refractivity contribution >= 4 is 18.3 Å². The van der Waals surface area contributed by atoms with E-state index in [1.165, 1.54) is 14.2 Å². The molecule has 0 radical (unpaired) electrons. The van der Waals surface area contributed by atoms with Crippen molar-refractivity contribution in [2.24, 2.45) is 5.92 Å². The fourth-order valence-corrected chi connectivity index (χ4v) is 2.53. The molecule has 1 N–H and O–H groups in total. The molecule has 0 bridgehead atoms. The molecule has 114 valence electrons. The first kappa shape index (κ1) is 16.4. The van der Waals surface area contributed by atoms with Gasteiger partial charge in [-0.2, -0.15) is 0 Å². The minimum absolute atomic E-state index is 0.101. The van der Waals surface area contributed by atoms with Crippen LogP contribution < -0.4 is 5.32 Å². The summed E-state index contributed by atoms with van der Waals surface area (Å²) in [5.74, 6) is -1.26. The van der Waals surface area contributed by atoms with Crippen molar-refractivity contribution in [3.05, 3.63) is 0 Å². The zero-order valence-electron chi connectivity index (χ0n) is 12.1. The van der Waals surface area contributed by atoms with E-state index in [1.54, 1.807) is 11.8 Å². The molecule has 1 rings (SSSR count). The first-order chi connectivity index (χ1) is 9.54. The average Bonchev–Trinajstić information content (AvgIpc) is 2.93. The van der Waals surface area contributed by atoms with Crippen LogP contribution >= 0.6 is 0 Å². The van der Waals surface area contributed by atoms with E-state index in [4.69, 9.17) is 4.74 Å². The molecule has 7 nitrogen and oxygen atoms in total. The third kappa shape index (κ3) is 3.93. The molecule has 0 aromatic carbocycles. The highest BCUT2D eigenvalue weighted by Gasteiger charge is 2.37. The number of carbonyl (C=O) groups excluding carboxylic acids is 3. The van der Waals surface area contributed by atoms with Gasteiger partial charge in [0.2, 0.25) is 12.3 Å². The standard InChI is InChI=1S/C13H22N2O5/c1-9(13(18)14-7-11(17)19-2)12(20-3)10-5-4-6-15(10)8-16/h8-10,12H,4-7H2,1-3H3,(H,14,18). The minimum Gasteiger partial charge on any atom is -0.468 e. The predicted molar refractivity (Wildman–Crippen MR) is 70.8 cm³/mol. The summed E-state index contributed by atoms with van der Waals surface area (Å²) in [6.45, 7) is 2.24. The lowest BCUT2D eigenvalue weighted by molar-refractivity contribution is -0.142. The Morgan fingerprint density at radius 2 is 2.15 bits per heavy atom.